The summed E-state index contributed by atoms with van der Waals surface area (Å²) in [6.07, 6.45) is -4.38. The molecule has 1 aromatic heterocycles. The molecule has 0 aliphatic heterocycles. The maximum Gasteiger partial charge on any atom is 0.416 e. The summed E-state index contributed by atoms with van der Waals surface area (Å²) in [5, 5.41) is 5.17. The largest absolute Gasteiger partial charge is 0.496 e. The molecule has 0 radical (unpaired) electrons. The van der Waals surface area contributed by atoms with Gasteiger partial charge in [-0.2, -0.15) is 13.2 Å². The number of hydrogen-bond acceptors (Lipinski definition) is 4. The molecule has 0 aliphatic rings. The van der Waals surface area contributed by atoms with E-state index in [9.17, 15) is 13.2 Å². The van der Waals surface area contributed by atoms with Gasteiger partial charge in [0.1, 0.15) is 17.4 Å². The number of rotatable bonds is 5. The van der Waals surface area contributed by atoms with E-state index in [-0.39, 0.29) is 6.04 Å². The van der Waals surface area contributed by atoms with Crippen LogP contribution in [0.5, 0.6) is 5.75 Å². The van der Waals surface area contributed by atoms with Crippen LogP contribution in [0.4, 0.5) is 19.0 Å². The highest BCUT2D eigenvalue weighted by Crippen LogP contribution is 2.35. The second-order valence-electron chi connectivity index (χ2n) is 7.04. The molecule has 4 nitrogen and oxygen atoms in total. The van der Waals surface area contributed by atoms with Crippen molar-refractivity contribution in [1.82, 2.24) is 9.97 Å². The number of aromatic nitrogens is 2. The van der Waals surface area contributed by atoms with E-state index in [1.54, 1.807) is 20.1 Å². The standard InChI is InChI=1S/C21H23F3N3OP/c1-12(14-7-6-8-15(9-14)21(22,23)24)25-20-16-10-19(29(4)5)18(28-3)11-17(16)26-13(2)27-20/h6-12H,1-5H3,(H,25,26,27)/t12-/m1/s1. The van der Waals surface area contributed by atoms with E-state index in [0.29, 0.717) is 17.2 Å². The Balaban J connectivity index is 2.04. The maximum atomic E-state index is 13.1. The zero-order chi connectivity index (χ0) is 21.3. The number of hydrogen-bond donors (Lipinski definition) is 1. The molecule has 0 saturated heterocycles. The number of fused-ring (bicyclic) bond motifs is 1. The molecular weight excluding hydrogens is 398 g/mol. The number of aryl methyl sites for hydroxylation is 1. The summed E-state index contributed by atoms with van der Waals surface area (Å²) in [5.74, 6) is 1.95. The molecule has 1 atom stereocenters. The lowest BCUT2D eigenvalue weighted by atomic mass is 10.0. The molecule has 0 aliphatic carbocycles. The number of nitrogens with zero attached hydrogens (tertiary/aromatic N) is 2. The molecule has 154 valence electrons. The normalized spacial score (nSPS) is 13.0. The Morgan fingerprint density at radius 3 is 2.45 bits per heavy atom. The summed E-state index contributed by atoms with van der Waals surface area (Å²) in [7, 11) is 1.20. The summed E-state index contributed by atoms with van der Waals surface area (Å²) in [4.78, 5) is 9.02. The third-order valence-corrected chi connectivity index (χ3v) is 5.97. The van der Waals surface area contributed by atoms with Crippen molar-refractivity contribution >= 4 is 29.9 Å². The fraction of sp³-hybridized carbons (Fsp3) is 0.333. The molecule has 0 fully saturated rings. The van der Waals surface area contributed by atoms with Crippen LogP contribution in [-0.4, -0.2) is 30.4 Å². The van der Waals surface area contributed by atoms with Gasteiger partial charge < -0.3 is 10.1 Å². The van der Waals surface area contributed by atoms with Gasteiger partial charge in [-0.05, 0) is 50.9 Å². The topological polar surface area (TPSA) is 47.0 Å². The molecular formula is C21H23F3N3OP. The van der Waals surface area contributed by atoms with Gasteiger partial charge >= 0.3 is 6.18 Å². The lowest BCUT2D eigenvalue weighted by Gasteiger charge is -2.19. The summed E-state index contributed by atoms with van der Waals surface area (Å²) in [6, 6.07) is 8.87. The van der Waals surface area contributed by atoms with Gasteiger partial charge in [-0.3, -0.25) is 0 Å². The van der Waals surface area contributed by atoms with Crippen molar-refractivity contribution in [2.45, 2.75) is 26.1 Å². The van der Waals surface area contributed by atoms with Crippen molar-refractivity contribution in [1.29, 1.82) is 0 Å². The predicted octanol–water partition coefficient (Wildman–Crippen LogP) is 5.51. The number of halogens is 3. The first-order valence-corrected chi connectivity index (χ1v) is 11.3. The smallest absolute Gasteiger partial charge is 0.416 e. The Morgan fingerprint density at radius 2 is 1.83 bits per heavy atom. The second kappa shape index (κ2) is 8.15. The van der Waals surface area contributed by atoms with E-state index in [1.807, 2.05) is 19.1 Å². The van der Waals surface area contributed by atoms with E-state index in [2.05, 4.69) is 28.6 Å². The minimum absolute atomic E-state index is 0.370. The third kappa shape index (κ3) is 4.61. The molecule has 3 aromatic rings. The number of ether oxygens (including phenoxy) is 1. The molecule has 0 unspecified atom stereocenters. The van der Waals surface area contributed by atoms with Gasteiger partial charge in [0.15, 0.2) is 0 Å². The van der Waals surface area contributed by atoms with Crippen LogP contribution in [-0.2, 0) is 6.18 Å². The van der Waals surface area contributed by atoms with Gasteiger partial charge in [-0.25, -0.2) is 9.97 Å². The van der Waals surface area contributed by atoms with Crippen LogP contribution in [0.1, 0.15) is 29.9 Å². The van der Waals surface area contributed by atoms with Crippen molar-refractivity contribution in [3.8, 4) is 5.75 Å². The van der Waals surface area contributed by atoms with Crippen LogP contribution < -0.4 is 15.4 Å². The van der Waals surface area contributed by atoms with Crippen LogP contribution in [0, 0.1) is 6.92 Å². The van der Waals surface area contributed by atoms with Crippen LogP contribution in [0.15, 0.2) is 36.4 Å². The van der Waals surface area contributed by atoms with Gasteiger partial charge in [0.25, 0.3) is 0 Å². The SMILES string of the molecule is COc1cc2nc(C)nc(N[C@H](C)c3cccc(C(F)(F)F)c3)c2cc1P(C)C. The first kappa shape index (κ1) is 21.3. The average Bonchev–Trinajstić information content (AvgIpc) is 2.66. The van der Waals surface area contributed by atoms with E-state index in [1.165, 1.54) is 12.1 Å². The van der Waals surface area contributed by atoms with Crippen LogP contribution in [0.2, 0.25) is 0 Å². The van der Waals surface area contributed by atoms with Crippen molar-refractivity contribution in [3.63, 3.8) is 0 Å². The van der Waals surface area contributed by atoms with E-state index in [4.69, 9.17) is 4.74 Å². The monoisotopic (exact) mass is 421 g/mol. The van der Waals surface area contributed by atoms with Crippen molar-refractivity contribution < 1.29 is 17.9 Å². The van der Waals surface area contributed by atoms with Crippen molar-refractivity contribution in [2.24, 2.45) is 0 Å². The lowest BCUT2D eigenvalue weighted by Crippen LogP contribution is -2.13. The van der Waals surface area contributed by atoms with Crippen molar-refractivity contribution in [2.75, 3.05) is 25.8 Å². The Bertz CT molecular complexity index is 1040. The first-order valence-electron chi connectivity index (χ1n) is 9.07. The zero-order valence-corrected chi connectivity index (χ0v) is 17.8. The second-order valence-corrected chi connectivity index (χ2v) is 9.31. The molecule has 0 spiro atoms. The highest BCUT2D eigenvalue weighted by atomic mass is 31.1. The highest BCUT2D eigenvalue weighted by Gasteiger charge is 2.30. The molecule has 1 N–H and O–H groups in total. The summed E-state index contributed by atoms with van der Waals surface area (Å²) in [5.41, 5.74) is 0.599. The predicted molar refractivity (Wildman–Crippen MR) is 113 cm³/mol. The molecule has 2 aromatic carbocycles. The number of benzene rings is 2. The fourth-order valence-corrected chi connectivity index (χ4v) is 4.14. The number of alkyl halides is 3. The molecule has 1 heterocycles. The summed E-state index contributed by atoms with van der Waals surface area (Å²) < 4.78 is 44.7. The quantitative estimate of drug-likeness (QED) is 0.552. The molecule has 8 heteroatoms. The Morgan fingerprint density at radius 1 is 1.10 bits per heavy atom. The van der Waals surface area contributed by atoms with Crippen LogP contribution in [0.25, 0.3) is 10.9 Å². The number of methoxy groups -OCH3 is 1. The third-order valence-electron chi connectivity index (χ3n) is 4.66. The van der Waals surface area contributed by atoms with Gasteiger partial charge in [0, 0.05) is 22.8 Å². The van der Waals surface area contributed by atoms with Gasteiger partial charge in [0.2, 0.25) is 0 Å². The Kier molecular flexibility index (Phi) is 5.99. The van der Waals surface area contributed by atoms with Gasteiger partial charge in [-0.1, -0.05) is 20.1 Å². The molecule has 29 heavy (non-hydrogen) atoms. The average molecular weight is 421 g/mol. The van der Waals surface area contributed by atoms with Crippen LogP contribution >= 0.6 is 7.92 Å². The minimum Gasteiger partial charge on any atom is -0.496 e. The zero-order valence-electron chi connectivity index (χ0n) is 16.9. The van der Waals surface area contributed by atoms with Gasteiger partial charge in [-0.15, -0.1) is 0 Å². The summed E-state index contributed by atoms with van der Waals surface area (Å²) >= 11 is 0. The Hall–Kier alpha value is -2.40. The molecule has 0 saturated carbocycles. The van der Waals surface area contributed by atoms with E-state index < -0.39 is 19.7 Å². The number of nitrogens with one attached hydrogen (secondary N) is 1. The maximum absolute atomic E-state index is 13.1. The molecule has 0 amide bonds. The number of anilines is 1. The van der Waals surface area contributed by atoms with E-state index in [0.717, 1.165) is 28.0 Å². The van der Waals surface area contributed by atoms with Crippen LogP contribution in [0.3, 0.4) is 0 Å². The van der Waals surface area contributed by atoms with E-state index >= 15 is 0 Å². The van der Waals surface area contributed by atoms with Gasteiger partial charge in [0.05, 0.1) is 18.2 Å². The first-order chi connectivity index (χ1) is 13.6. The van der Waals surface area contributed by atoms with Crippen molar-refractivity contribution in [3.05, 3.63) is 53.3 Å². The Labute approximate surface area is 169 Å². The minimum atomic E-state index is -4.38. The lowest BCUT2D eigenvalue weighted by molar-refractivity contribution is -0.137. The highest BCUT2D eigenvalue weighted by molar-refractivity contribution is 7.64. The summed E-state index contributed by atoms with van der Waals surface area (Å²) in [6.45, 7) is 7.86. The molecule has 0 bridgehead atoms. The molecule has 3 rings (SSSR count). The fourth-order valence-electron chi connectivity index (χ4n) is 3.16.